The highest BCUT2D eigenvalue weighted by Crippen LogP contribution is 2.31. The molecule has 5 nitrogen and oxygen atoms in total. The number of benzene rings is 1. The second-order valence-corrected chi connectivity index (χ2v) is 5.59. The van der Waals surface area contributed by atoms with E-state index < -0.39 is 12.1 Å². The number of hydrogen-bond donors (Lipinski definition) is 0. The molecule has 122 valence electrons. The number of aromatic nitrogens is 2. The Labute approximate surface area is 130 Å². The van der Waals surface area contributed by atoms with Crippen LogP contribution >= 0.6 is 0 Å². The number of alkyl halides is 3. The van der Waals surface area contributed by atoms with Crippen LogP contribution in [0.1, 0.15) is 24.3 Å². The normalized spacial score (nSPS) is 14.8. The molecule has 23 heavy (non-hydrogen) atoms. The van der Waals surface area contributed by atoms with Crippen LogP contribution in [0.4, 0.5) is 13.2 Å². The van der Waals surface area contributed by atoms with E-state index in [1.54, 1.807) is 36.2 Å². The maximum atomic E-state index is 12.4. The van der Waals surface area contributed by atoms with Crippen molar-refractivity contribution in [2.45, 2.75) is 25.6 Å². The van der Waals surface area contributed by atoms with Crippen molar-refractivity contribution in [3.05, 3.63) is 35.7 Å². The van der Waals surface area contributed by atoms with Crippen molar-refractivity contribution in [2.75, 3.05) is 7.05 Å². The smallest absolute Gasteiger partial charge is 0.341 e. The molecule has 0 spiro atoms. The van der Waals surface area contributed by atoms with Gasteiger partial charge in [-0.15, -0.1) is 0 Å². The number of carbonyl (C=O) groups excluding carboxylic acids is 1. The monoisotopic (exact) mass is 325 g/mol. The lowest BCUT2D eigenvalue weighted by Crippen LogP contribution is -2.27. The van der Waals surface area contributed by atoms with E-state index in [4.69, 9.17) is 0 Å². The Balaban J connectivity index is 1.69. The summed E-state index contributed by atoms with van der Waals surface area (Å²) in [7, 11) is 1.74. The van der Waals surface area contributed by atoms with Gasteiger partial charge in [0.05, 0.1) is 0 Å². The maximum Gasteiger partial charge on any atom is 0.471 e. The van der Waals surface area contributed by atoms with Crippen LogP contribution in [0.2, 0.25) is 0 Å². The molecule has 0 bridgehead atoms. The summed E-state index contributed by atoms with van der Waals surface area (Å²) < 4.78 is 41.5. The molecule has 1 aliphatic rings. The molecule has 8 heteroatoms. The predicted molar refractivity (Wildman–Crippen MR) is 73.9 cm³/mol. The Morgan fingerprint density at radius 3 is 2.48 bits per heavy atom. The highest BCUT2D eigenvalue weighted by Gasteiger charge is 2.38. The van der Waals surface area contributed by atoms with Crippen LogP contribution in [-0.2, 0) is 17.5 Å². The van der Waals surface area contributed by atoms with Gasteiger partial charge in [0.1, 0.15) is 0 Å². The predicted octanol–water partition coefficient (Wildman–Crippen LogP) is 3.12. The molecule has 1 saturated carbocycles. The van der Waals surface area contributed by atoms with Crippen molar-refractivity contribution in [2.24, 2.45) is 5.92 Å². The summed E-state index contributed by atoms with van der Waals surface area (Å²) in [5.41, 5.74) is 1.30. The molecular formula is C15H14F3N3O2. The summed E-state index contributed by atoms with van der Waals surface area (Å²) in [5.74, 6) is -1.21. The van der Waals surface area contributed by atoms with Gasteiger partial charge in [-0.05, 0) is 18.4 Å². The molecule has 1 fully saturated rings. The van der Waals surface area contributed by atoms with Gasteiger partial charge in [0.15, 0.2) is 0 Å². The summed E-state index contributed by atoms with van der Waals surface area (Å²) in [6, 6.07) is 6.68. The van der Waals surface area contributed by atoms with Crippen molar-refractivity contribution in [1.82, 2.24) is 15.0 Å². The van der Waals surface area contributed by atoms with Crippen LogP contribution in [-0.4, -0.2) is 28.0 Å². The molecule has 0 N–H and O–H groups in total. The average Bonchev–Trinajstić information content (AvgIpc) is 3.22. The Kier molecular flexibility index (Phi) is 3.83. The molecular weight excluding hydrogens is 311 g/mol. The Bertz CT molecular complexity index is 706. The van der Waals surface area contributed by atoms with Crippen molar-refractivity contribution in [3.8, 4) is 11.4 Å². The van der Waals surface area contributed by atoms with E-state index in [1.165, 1.54) is 0 Å². The average molecular weight is 325 g/mol. The van der Waals surface area contributed by atoms with Gasteiger partial charge >= 0.3 is 12.1 Å². The number of nitrogens with zero attached hydrogens (tertiary/aromatic N) is 3. The minimum Gasteiger partial charge on any atom is -0.341 e. The fourth-order valence-electron chi connectivity index (χ4n) is 2.21. The zero-order valence-corrected chi connectivity index (χ0v) is 12.3. The van der Waals surface area contributed by atoms with Crippen LogP contribution in [0.15, 0.2) is 28.8 Å². The molecule has 1 aromatic heterocycles. The number of carbonyl (C=O) groups is 1. The van der Waals surface area contributed by atoms with Gasteiger partial charge in [-0.1, -0.05) is 29.4 Å². The lowest BCUT2D eigenvalue weighted by atomic mass is 10.1. The largest absolute Gasteiger partial charge is 0.471 e. The molecule has 0 saturated heterocycles. The second kappa shape index (κ2) is 5.68. The van der Waals surface area contributed by atoms with E-state index in [-0.39, 0.29) is 17.6 Å². The summed E-state index contributed by atoms with van der Waals surface area (Å²) in [6.45, 7) is 0.454. The van der Waals surface area contributed by atoms with Gasteiger partial charge in [-0.2, -0.15) is 18.2 Å². The zero-order chi connectivity index (χ0) is 16.6. The van der Waals surface area contributed by atoms with Gasteiger partial charge in [-0.25, -0.2) is 0 Å². The van der Waals surface area contributed by atoms with Gasteiger partial charge in [0, 0.05) is 25.1 Å². The van der Waals surface area contributed by atoms with Crippen molar-refractivity contribution >= 4 is 5.91 Å². The first-order valence-corrected chi connectivity index (χ1v) is 7.10. The third-order valence-electron chi connectivity index (χ3n) is 3.60. The highest BCUT2D eigenvalue weighted by atomic mass is 19.4. The van der Waals surface area contributed by atoms with Crippen molar-refractivity contribution < 1.29 is 22.5 Å². The van der Waals surface area contributed by atoms with E-state index in [0.717, 1.165) is 18.4 Å². The molecule has 0 aliphatic heterocycles. The summed E-state index contributed by atoms with van der Waals surface area (Å²) >= 11 is 0. The van der Waals surface area contributed by atoms with Crippen LogP contribution in [0, 0.1) is 5.92 Å². The van der Waals surface area contributed by atoms with Crippen LogP contribution in [0.25, 0.3) is 11.4 Å². The van der Waals surface area contributed by atoms with Crippen molar-refractivity contribution in [1.29, 1.82) is 0 Å². The van der Waals surface area contributed by atoms with Gasteiger partial charge < -0.3 is 9.42 Å². The van der Waals surface area contributed by atoms with E-state index in [0.29, 0.717) is 12.1 Å². The minimum absolute atomic E-state index is 0.119. The third kappa shape index (κ3) is 3.52. The number of hydrogen-bond acceptors (Lipinski definition) is 4. The molecule has 1 heterocycles. The highest BCUT2D eigenvalue weighted by molar-refractivity contribution is 5.80. The summed E-state index contributed by atoms with van der Waals surface area (Å²) in [6.07, 6.45) is -2.76. The molecule has 2 aromatic rings. The SMILES string of the molecule is CN(Cc1ccc(-c2noc(C(F)(F)F)n2)cc1)C(=O)C1CC1. The first kappa shape index (κ1) is 15.5. The van der Waals surface area contributed by atoms with E-state index in [2.05, 4.69) is 14.7 Å². The van der Waals surface area contributed by atoms with Crippen LogP contribution in [0.5, 0.6) is 0 Å². The molecule has 0 unspecified atom stereocenters. The standard InChI is InChI=1S/C15H14F3N3O2/c1-21(13(22)11-6-7-11)8-9-2-4-10(5-3-9)12-19-14(23-20-12)15(16,17)18/h2-5,11H,6-8H2,1H3. The number of amides is 1. The van der Waals surface area contributed by atoms with E-state index in [9.17, 15) is 18.0 Å². The van der Waals surface area contributed by atoms with Gasteiger partial charge in [0.2, 0.25) is 11.7 Å². The fraction of sp³-hybridized carbons (Fsp3) is 0.400. The lowest BCUT2D eigenvalue weighted by molar-refractivity contribution is -0.159. The molecule has 1 aromatic carbocycles. The van der Waals surface area contributed by atoms with Gasteiger partial charge in [0.25, 0.3) is 0 Å². The van der Waals surface area contributed by atoms with Gasteiger partial charge in [-0.3, -0.25) is 4.79 Å². The quantitative estimate of drug-likeness (QED) is 0.866. The van der Waals surface area contributed by atoms with Crippen LogP contribution in [0.3, 0.4) is 0 Å². The molecule has 1 aliphatic carbocycles. The second-order valence-electron chi connectivity index (χ2n) is 5.59. The van der Waals surface area contributed by atoms with Crippen LogP contribution < -0.4 is 0 Å². The first-order chi connectivity index (χ1) is 10.8. The van der Waals surface area contributed by atoms with E-state index in [1.807, 2.05) is 0 Å². The first-order valence-electron chi connectivity index (χ1n) is 7.10. The summed E-state index contributed by atoms with van der Waals surface area (Å²) in [5, 5.41) is 3.33. The van der Waals surface area contributed by atoms with E-state index >= 15 is 0 Å². The zero-order valence-electron chi connectivity index (χ0n) is 12.3. The molecule has 1 amide bonds. The molecule has 0 radical (unpaired) electrons. The Morgan fingerprint density at radius 2 is 1.96 bits per heavy atom. The number of halogens is 3. The Hall–Kier alpha value is -2.38. The molecule has 0 atom stereocenters. The topological polar surface area (TPSA) is 59.2 Å². The number of rotatable bonds is 4. The third-order valence-corrected chi connectivity index (χ3v) is 3.60. The minimum atomic E-state index is -4.66. The maximum absolute atomic E-state index is 12.4. The Morgan fingerprint density at radius 1 is 1.30 bits per heavy atom. The van der Waals surface area contributed by atoms with Crippen molar-refractivity contribution in [3.63, 3.8) is 0 Å². The lowest BCUT2D eigenvalue weighted by Gasteiger charge is -2.17. The fourth-order valence-corrected chi connectivity index (χ4v) is 2.21. The summed E-state index contributed by atoms with van der Waals surface area (Å²) in [4.78, 5) is 16.9. The molecule has 3 rings (SSSR count).